The van der Waals surface area contributed by atoms with Gasteiger partial charge in [-0.05, 0) is 24.3 Å². The van der Waals surface area contributed by atoms with E-state index in [1.54, 1.807) is 42.7 Å². The first-order valence-corrected chi connectivity index (χ1v) is 8.13. The molecule has 0 N–H and O–H groups in total. The number of benzene rings is 2. The minimum atomic E-state index is -1.19. The van der Waals surface area contributed by atoms with Crippen molar-refractivity contribution in [1.29, 1.82) is 0 Å². The third-order valence-corrected chi connectivity index (χ3v) is 4.16. The fourth-order valence-corrected chi connectivity index (χ4v) is 2.81. The highest BCUT2D eigenvalue weighted by atomic mass is 32.2. The van der Waals surface area contributed by atoms with E-state index in [0.29, 0.717) is 21.8 Å². The van der Waals surface area contributed by atoms with Crippen LogP contribution in [0, 0.1) is 10.1 Å². The largest absolute Gasteiger partial charge is 0.334 e. The standard InChI is InChI=1S/C15H11N3O4S/c1-23(21)13-5-3-2-4-12(13)15-16-14(17-22-15)10-6-8-11(9-7-10)18(19)20/h2-9H,1H3. The Morgan fingerprint density at radius 1 is 1.13 bits per heavy atom. The van der Waals surface area contributed by atoms with Gasteiger partial charge in [-0.25, -0.2) is 0 Å². The number of nitro groups is 1. The number of hydrogen-bond donors (Lipinski definition) is 0. The van der Waals surface area contributed by atoms with Gasteiger partial charge in [0.15, 0.2) is 0 Å². The zero-order valence-electron chi connectivity index (χ0n) is 12.0. The smallest absolute Gasteiger partial charge is 0.269 e. The Bertz CT molecular complexity index is 890. The first kappa shape index (κ1) is 15.0. The third kappa shape index (κ3) is 3.02. The van der Waals surface area contributed by atoms with E-state index in [2.05, 4.69) is 10.1 Å². The van der Waals surface area contributed by atoms with E-state index in [4.69, 9.17) is 4.52 Å². The van der Waals surface area contributed by atoms with Crippen LogP contribution in [-0.2, 0) is 10.8 Å². The van der Waals surface area contributed by atoms with E-state index >= 15 is 0 Å². The minimum Gasteiger partial charge on any atom is -0.334 e. The van der Waals surface area contributed by atoms with Gasteiger partial charge < -0.3 is 4.52 Å². The molecule has 1 atom stereocenters. The van der Waals surface area contributed by atoms with Gasteiger partial charge in [0.05, 0.1) is 26.2 Å². The summed E-state index contributed by atoms with van der Waals surface area (Å²) in [4.78, 5) is 15.1. The molecule has 23 heavy (non-hydrogen) atoms. The van der Waals surface area contributed by atoms with Crippen molar-refractivity contribution < 1.29 is 13.7 Å². The number of nitro benzene ring substituents is 1. The molecule has 0 fully saturated rings. The number of hydrogen-bond acceptors (Lipinski definition) is 6. The number of rotatable bonds is 4. The van der Waals surface area contributed by atoms with Crippen LogP contribution in [0.15, 0.2) is 57.9 Å². The molecule has 3 aromatic rings. The van der Waals surface area contributed by atoms with Gasteiger partial charge in [0, 0.05) is 24.0 Å². The lowest BCUT2D eigenvalue weighted by Gasteiger charge is -2.01. The van der Waals surface area contributed by atoms with Crippen molar-refractivity contribution in [3.63, 3.8) is 0 Å². The molecule has 1 heterocycles. The fourth-order valence-electron chi connectivity index (χ4n) is 2.08. The maximum atomic E-state index is 11.8. The Kier molecular flexibility index (Phi) is 3.98. The Morgan fingerprint density at radius 2 is 1.83 bits per heavy atom. The molecule has 0 aliphatic heterocycles. The van der Waals surface area contributed by atoms with E-state index in [1.165, 1.54) is 12.1 Å². The summed E-state index contributed by atoms with van der Waals surface area (Å²) in [6, 6.07) is 12.9. The summed E-state index contributed by atoms with van der Waals surface area (Å²) < 4.78 is 17.0. The Morgan fingerprint density at radius 3 is 2.48 bits per heavy atom. The average Bonchev–Trinajstić information content (AvgIpc) is 3.04. The molecule has 1 unspecified atom stereocenters. The summed E-state index contributed by atoms with van der Waals surface area (Å²) in [5.74, 6) is 0.565. The second kappa shape index (κ2) is 6.09. The highest BCUT2D eigenvalue weighted by Crippen LogP contribution is 2.27. The Balaban J connectivity index is 1.98. The summed E-state index contributed by atoms with van der Waals surface area (Å²) in [5.41, 5.74) is 1.19. The van der Waals surface area contributed by atoms with Gasteiger partial charge in [-0.2, -0.15) is 4.98 Å². The molecule has 8 heteroatoms. The van der Waals surface area contributed by atoms with Crippen LogP contribution in [0.5, 0.6) is 0 Å². The molecule has 3 rings (SSSR count). The topological polar surface area (TPSA) is 99.1 Å². The minimum absolute atomic E-state index is 0.0100. The first-order chi connectivity index (χ1) is 11.1. The van der Waals surface area contributed by atoms with Crippen molar-refractivity contribution in [2.75, 3.05) is 6.26 Å². The van der Waals surface area contributed by atoms with Crippen molar-refractivity contribution in [1.82, 2.24) is 10.1 Å². The lowest BCUT2D eigenvalue weighted by atomic mass is 10.2. The maximum Gasteiger partial charge on any atom is 0.269 e. The van der Waals surface area contributed by atoms with Crippen LogP contribution in [0.1, 0.15) is 0 Å². The first-order valence-electron chi connectivity index (χ1n) is 6.57. The summed E-state index contributed by atoms with van der Waals surface area (Å²) in [7, 11) is -1.19. The summed E-state index contributed by atoms with van der Waals surface area (Å²) >= 11 is 0. The number of aromatic nitrogens is 2. The summed E-state index contributed by atoms with van der Waals surface area (Å²) in [6.45, 7) is 0. The van der Waals surface area contributed by atoms with Gasteiger partial charge in [0.25, 0.3) is 11.6 Å². The second-order valence-electron chi connectivity index (χ2n) is 4.68. The lowest BCUT2D eigenvalue weighted by Crippen LogP contribution is -1.92. The predicted molar refractivity (Wildman–Crippen MR) is 84.2 cm³/mol. The van der Waals surface area contributed by atoms with Gasteiger partial charge in [-0.15, -0.1) is 0 Å². The Labute approximate surface area is 133 Å². The van der Waals surface area contributed by atoms with Gasteiger partial charge in [-0.3, -0.25) is 14.3 Å². The van der Waals surface area contributed by atoms with Crippen LogP contribution >= 0.6 is 0 Å². The summed E-state index contributed by atoms with van der Waals surface area (Å²) in [6.07, 6.45) is 1.58. The molecule has 116 valence electrons. The van der Waals surface area contributed by atoms with Crippen LogP contribution in [0.2, 0.25) is 0 Å². The van der Waals surface area contributed by atoms with Crippen molar-refractivity contribution in [2.24, 2.45) is 0 Å². The predicted octanol–water partition coefficient (Wildman–Crippen LogP) is 3.05. The van der Waals surface area contributed by atoms with E-state index in [-0.39, 0.29) is 11.6 Å². The third-order valence-electron chi connectivity index (χ3n) is 3.19. The normalized spacial score (nSPS) is 12.0. The van der Waals surface area contributed by atoms with Gasteiger partial charge in [0.2, 0.25) is 5.82 Å². The zero-order chi connectivity index (χ0) is 16.4. The molecule has 2 aromatic carbocycles. The number of nitrogens with zero attached hydrogens (tertiary/aromatic N) is 3. The molecule has 0 spiro atoms. The van der Waals surface area contributed by atoms with Crippen LogP contribution < -0.4 is 0 Å². The van der Waals surface area contributed by atoms with Crippen molar-refractivity contribution in [3.05, 3.63) is 58.6 Å². The monoisotopic (exact) mass is 329 g/mol. The van der Waals surface area contributed by atoms with Gasteiger partial charge in [-0.1, -0.05) is 17.3 Å². The van der Waals surface area contributed by atoms with Crippen LogP contribution in [0.4, 0.5) is 5.69 Å². The van der Waals surface area contributed by atoms with Crippen LogP contribution in [-0.4, -0.2) is 25.5 Å². The van der Waals surface area contributed by atoms with E-state index in [0.717, 1.165) is 0 Å². The van der Waals surface area contributed by atoms with E-state index in [9.17, 15) is 14.3 Å². The molecular formula is C15H11N3O4S. The van der Waals surface area contributed by atoms with Crippen molar-refractivity contribution >= 4 is 16.5 Å². The molecule has 7 nitrogen and oxygen atoms in total. The molecule has 0 saturated carbocycles. The second-order valence-corrected chi connectivity index (χ2v) is 6.03. The zero-order valence-corrected chi connectivity index (χ0v) is 12.8. The van der Waals surface area contributed by atoms with Crippen molar-refractivity contribution in [3.8, 4) is 22.8 Å². The highest BCUT2D eigenvalue weighted by molar-refractivity contribution is 7.84. The molecular weight excluding hydrogens is 318 g/mol. The lowest BCUT2D eigenvalue weighted by molar-refractivity contribution is -0.384. The molecule has 1 aromatic heterocycles. The summed E-state index contributed by atoms with van der Waals surface area (Å²) in [5, 5.41) is 14.5. The molecule has 0 amide bonds. The van der Waals surface area contributed by atoms with Gasteiger partial charge >= 0.3 is 0 Å². The molecule has 0 saturated heterocycles. The molecule has 0 aliphatic carbocycles. The maximum absolute atomic E-state index is 11.8. The molecule has 0 bridgehead atoms. The molecule has 0 radical (unpaired) electrons. The quantitative estimate of drug-likeness (QED) is 0.539. The average molecular weight is 329 g/mol. The van der Waals surface area contributed by atoms with Crippen LogP contribution in [0.25, 0.3) is 22.8 Å². The van der Waals surface area contributed by atoms with Gasteiger partial charge in [0.1, 0.15) is 0 Å². The van der Waals surface area contributed by atoms with E-state index in [1.807, 2.05) is 0 Å². The molecule has 0 aliphatic rings. The van der Waals surface area contributed by atoms with E-state index < -0.39 is 15.7 Å². The van der Waals surface area contributed by atoms with Crippen molar-refractivity contribution in [2.45, 2.75) is 4.90 Å². The Hall–Kier alpha value is -2.87. The fraction of sp³-hybridized carbons (Fsp3) is 0.0667. The SMILES string of the molecule is CS(=O)c1ccccc1-c1nc(-c2ccc([N+](=O)[O-])cc2)no1. The number of non-ortho nitro benzene ring substituents is 1. The van der Waals surface area contributed by atoms with Crippen LogP contribution in [0.3, 0.4) is 0 Å². The highest BCUT2D eigenvalue weighted by Gasteiger charge is 2.16.